The lowest BCUT2D eigenvalue weighted by atomic mass is 9.63. The number of Topliss-reactive ketones (excluding diaryl/α,β-unsaturated/α-hetero) is 3. The lowest BCUT2D eigenvalue weighted by Gasteiger charge is -2.47. The number of carbonyl (C=O) groups excluding carboxylic acids is 6. The molecule has 3 aliphatic heterocycles. The molecule has 15 atom stereocenters. The Morgan fingerprint density at radius 3 is 0.977 bits per heavy atom. The number of hydrogen-bond donors (Lipinski definition) is 12. The van der Waals surface area contributed by atoms with Crippen LogP contribution in [0.25, 0.3) is 0 Å². The maximum Gasteiger partial charge on any atom is 0.220 e. The van der Waals surface area contributed by atoms with Crippen molar-refractivity contribution >= 4 is 35.1 Å². The van der Waals surface area contributed by atoms with E-state index in [0.29, 0.717) is 44.9 Å². The van der Waals surface area contributed by atoms with Crippen LogP contribution in [-0.2, 0) is 71.4 Å². The third-order valence-corrected chi connectivity index (χ3v) is 16.2. The van der Waals surface area contributed by atoms with Crippen LogP contribution in [0.15, 0.2) is 0 Å². The number of carbonyl (C=O) groups is 6. The van der Waals surface area contributed by atoms with Gasteiger partial charge in [0, 0.05) is 81.3 Å². The minimum absolute atomic E-state index is 0.0411. The number of amides is 3. The minimum atomic E-state index is -1.25. The molecule has 0 aromatic rings. The molecule has 3 heterocycles. The SMILES string of the molecule is CC(C)CC(C)(C)C(COCC(=O)CCCNC(=O)CCCO[C@@H]1OC(CO)[C@H](O)[C@H](O)C1C)(COCC(=O)CCCNC(=O)CCCO[C@@H]1OC(CO)[C@H](O)[C@H](O)C1C)COCC(=O)CCCNC(=O)CCCO[C@@H]1OC(CO)[C@H](O)[C@H](O)C1C. The summed E-state index contributed by atoms with van der Waals surface area (Å²) in [5, 5.41) is 97.7. The van der Waals surface area contributed by atoms with Gasteiger partial charge in [-0.15, -0.1) is 0 Å². The first kappa shape index (κ1) is 76.9. The van der Waals surface area contributed by atoms with Gasteiger partial charge in [0.1, 0.15) is 56.4 Å². The highest BCUT2D eigenvalue weighted by atomic mass is 16.7. The van der Waals surface area contributed by atoms with Crippen molar-refractivity contribution < 1.29 is 117 Å². The van der Waals surface area contributed by atoms with Crippen molar-refractivity contribution in [3.8, 4) is 0 Å². The molecule has 0 spiro atoms. The van der Waals surface area contributed by atoms with Gasteiger partial charge in [-0.1, -0.05) is 48.5 Å². The molecular formula is C59H105N3O24. The van der Waals surface area contributed by atoms with E-state index < -0.39 is 122 Å². The molecule has 0 aromatic carbocycles. The Morgan fingerprint density at radius 2 is 0.721 bits per heavy atom. The molecule has 3 fully saturated rings. The summed E-state index contributed by atoms with van der Waals surface area (Å²) in [5.41, 5.74) is -1.59. The van der Waals surface area contributed by atoms with E-state index in [4.69, 9.17) is 42.6 Å². The van der Waals surface area contributed by atoms with Gasteiger partial charge in [-0.25, -0.2) is 0 Å². The maximum atomic E-state index is 13.2. The lowest BCUT2D eigenvalue weighted by molar-refractivity contribution is -0.282. The fourth-order valence-corrected chi connectivity index (χ4v) is 10.6. The Hall–Kier alpha value is -3.30. The normalized spacial score (nSPS) is 28.6. The minimum Gasteiger partial charge on any atom is -0.394 e. The van der Waals surface area contributed by atoms with Crippen molar-refractivity contribution in [2.45, 2.75) is 206 Å². The first-order chi connectivity index (χ1) is 40.8. The van der Waals surface area contributed by atoms with Gasteiger partial charge in [0.2, 0.25) is 17.7 Å². The van der Waals surface area contributed by atoms with E-state index in [1.165, 1.54) is 0 Å². The molecule has 500 valence electrons. The van der Waals surface area contributed by atoms with Crippen molar-refractivity contribution in [2.75, 3.05) is 98.9 Å². The van der Waals surface area contributed by atoms with E-state index in [1.54, 1.807) is 20.8 Å². The van der Waals surface area contributed by atoms with Gasteiger partial charge < -0.3 is 105 Å². The van der Waals surface area contributed by atoms with Crippen LogP contribution in [0.3, 0.4) is 0 Å². The second-order valence-electron chi connectivity index (χ2n) is 24.3. The summed E-state index contributed by atoms with van der Waals surface area (Å²) in [5.74, 6) is -2.95. The molecule has 6 unspecified atom stereocenters. The quantitative estimate of drug-likeness (QED) is 0.0329. The van der Waals surface area contributed by atoms with Crippen LogP contribution in [-0.4, -0.2) is 254 Å². The van der Waals surface area contributed by atoms with Crippen LogP contribution < -0.4 is 16.0 Å². The van der Waals surface area contributed by atoms with E-state index in [9.17, 15) is 74.7 Å². The van der Waals surface area contributed by atoms with Gasteiger partial charge >= 0.3 is 0 Å². The highest BCUT2D eigenvalue weighted by molar-refractivity contribution is 5.81. The number of nitrogens with one attached hydrogen (secondary N) is 3. The van der Waals surface area contributed by atoms with E-state index in [0.717, 1.165) is 0 Å². The van der Waals surface area contributed by atoms with E-state index in [-0.39, 0.29) is 159 Å². The molecule has 0 bridgehead atoms. The molecule has 0 saturated carbocycles. The van der Waals surface area contributed by atoms with Crippen LogP contribution in [0, 0.1) is 34.5 Å². The number of rotatable bonds is 45. The Kier molecular flexibility index (Phi) is 36.2. The molecule has 3 rings (SSSR count). The topological polar surface area (TPSA) is 404 Å². The van der Waals surface area contributed by atoms with E-state index in [1.807, 2.05) is 13.8 Å². The predicted molar refractivity (Wildman–Crippen MR) is 306 cm³/mol. The second-order valence-corrected chi connectivity index (χ2v) is 24.3. The van der Waals surface area contributed by atoms with Gasteiger partial charge in [0.15, 0.2) is 36.2 Å². The Morgan fingerprint density at radius 1 is 0.442 bits per heavy atom. The van der Waals surface area contributed by atoms with E-state index >= 15 is 0 Å². The molecule has 0 radical (unpaired) electrons. The Bertz CT molecular complexity index is 1780. The summed E-state index contributed by atoms with van der Waals surface area (Å²) in [7, 11) is 0. The van der Waals surface area contributed by atoms with Gasteiger partial charge in [-0.2, -0.15) is 0 Å². The summed E-state index contributed by atoms with van der Waals surface area (Å²) in [4.78, 5) is 77.2. The smallest absolute Gasteiger partial charge is 0.220 e. The Labute approximate surface area is 506 Å². The van der Waals surface area contributed by atoms with Crippen molar-refractivity contribution in [3.63, 3.8) is 0 Å². The fraction of sp³-hybridized carbons (Fsp3) is 0.898. The molecule has 12 N–H and O–H groups in total. The molecular weight excluding hydrogens is 1130 g/mol. The molecule has 27 heteroatoms. The maximum absolute atomic E-state index is 13.2. The van der Waals surface area contributed by atoms with Crippen LogP contribution >= 0.6 is 0 Å². The zero-order valence-electron chi connectivity index (χ0n) is 51.7. The molecule has 0 aliphatic carbocycles. The average molecular weight is 1240 g/mol. The summed E-state index contributed by atoms with van der Waals surface area (Å²) < 4.78 is 52.2. The van der Waals surface area contributed by atoms with Gasteiger partial charge in [0.25, 0.3) is 0 Å². The number of aliphatic hydroxyl groups excluding tert-OH is 9. The average Bonchev–Trinajstić information content (AvgIpc) is 1.69. The number of ether oxygens (including phenoxy) is 9. The van der Waals surface area contributed by atoms with Crippen molar-refractivity contribution in [3.05, 3.63) is 0 Å². The molecule has 27 nitrogen and oxygen atoms in total. The van der Waals surface area contributed by atoms with Crippen molar-refractivity contribution in [2.24, 2.45) is 34.5 Å². The van der Waals surface area contributed by atoms with Crippen LogP contribution in [0.2, 0.25) is 0 Å². The van der Waals surface area contributed by atoms with E-state index in [2.05, 4.69) is 29.8 Å². The summed E-state index contributed by atoms with van der Waals surface area (Å²) in [6.07, 6.45) is -9.47. The zero-order chi connectivity index (χ0) is 64.0. The van der Waals surface area contributed by atoms with Crippen LogP contribution in [0.5, 0.6) is 0 Å². The van der Waals surface area contributed by atoms with Crippen LogP contribution in [0.4, 0.5) is 0 Å². The standard InChI is InChI=1S/C59H105N3O24/c1-36(2)26-58(6,7)59(33-78-30-40(66)14-8-20-60-46(69)17-11-23-81-55-37(3)49(72)52(75)43(27-63)84-55,34-79-31-41(67)15-9-21-61-47(70)18-12-24-82-56-38(4)50(73)53(76)44(28-64)85-56)35-80-32-42(68)16-10-22-62-48(71)19-13-25-83-57-39(5)51(74)54(77)45(29-65)86-57/h36-39,43-45,49-57,63-65,72-77H,8-35H2,1-7H3,(H,60,69)(H,61,70)(H,62,71)/t37?,38?,39?,43?,44?,45?,49-,50-,51-,52+,53+,54+,55-,56-,57-,59?/m1/s1. The third kappa shape index (κ3) is 26.3. The first-order valence-corrected chi connectivity index (χ1v) is 30.6. The number of ketones is 3. The highest BCUT2D eigenvalue weighted by Gasteiger charge is 2.48. The van der Waals surface area contributed by atoms with Crippen molar-refractivity contribution in [1.29, 1.82) is 0 Å². The summed E-state index contributed by atoms with van der Waals surface area (Å²) in [6, 6.07) is 0. The molecule has 3 amide bonds. The van der Waals surface area contributed by atoms with Crippen molar-refractivity contribution in [1.82, 2.24) is 16.0 Å². The molecule has 3 aliphatic rings. The first-order valence-electron chi connectivity index (χ1n) is 30.6. The molecule has 0 aromatic heterocycles. The van der Waals surface area contributed by atoms with Gasteiger partial charge in [-0.3, -0.25) is 28.8 Å². The zero-order valence-corrected chi connectivity index (χ0v) is 51.7. The van der Waals surface area contributed by atoms with Crippen LogP contribution in [0.1, 0.15) is 132 Å². The second kappa shape index (κ2) is 40.4. The Balaban J connectivity index is 1.50. The van der Waals surface area contributed by atoms with Gasteiger partial charge in [-0.05, 0) is 56.3 Å². The number of aliphatic hydroxyl groups is 9. The largest absolute Gasteiger partial charge is 0.394 e. The molecule has 86 heavy (non-hydrogen) atoms. The monoisotopic (exact) mass is 1240 g/mol. The molecule has 3 saturated heterocycles. The summed E-state index contributed by atoms with van der Waals surface area (Å²) in [6.45, 7) is 11.7. The lowest BCUT2D eigenvalue weighted by Crippen LogP contribution is -2.55. The van der Waals surface area contributed by atoms with Gasteiger partial charge in [0.05, 0.1) is 77.8 Å². The number of hydrogen-bond acceptors (Lipinski definition) is 24. The third-order valence-electron chi connectivity index (χ3n) is 16.2. The highest BCUT2D eigenvalue weighted by Crippen LogP contribution is 2.45. The fourth-order valence-electron chi connectivity index (χ4n) is 10.6. The predicted octanol–water partition coefficient (Wildman–Crippen LogP) is -0.893. The summed E-state index contributed by atoms with van der Waals surface area (Å²) >= 11 is 0.